The molecule has 1 aliphatic heterocycles. The quantitative estimate of drug-likeness (QED) is 0.845. The van der Waals surface area contributed by atoms with Crippen molar-refractivity contribution in [2.24, 2.45) is 0 Å². The zero-order valence-corrected chi connectivity index (χ0v) is 14.7. The average molecular weight is 335 g/mol. The molecule has 1 aliphatic carbocycles. The molecule has 0 radical (unpaired) electrons. The third-order valence-corrected chi connectivity index (χ3v) is 5.02. The monoisotopic (exact) mass is 335 g/mol. The first-order valence-corrected chi connectivity index (χ1v) is 9.22. The minimum absolute atomic E-state index is 0.214. The topological polar surface area (TPSA) is 74.5 Å². The summed E-state index contributed by atoms with van der Waals surface area (Å²) in [6.45, 7) is 7.34. The van der Waals surface area contributed by atoms with Gasteiger partial charge < -0.3 is 14.7 Å². The maximum absolute atomic E-state index is 12.1. The van der Waals surface area contributed by atoms with Gasteiger partial charge in [-0.15, -0.1) is 0 Å². The van der Waals surface area contributed by atoms with Gasteiger partial charge in [-0.1, -0.05) is 24.4 Å². The minimum atomic E-state index is 0.214. The molecule has 0 atom stereocenters. The van der Waals surface area contributed by atoms with Crippen LogP contribution in [0, 0.1) is 6.92 Å². The van der Waals surface area contributed by atoms with Crippen molar-refractivity contribution in [3.05, 3.63) is 11.7 Å². The third-order valence-electron chi connectivity index (χ3n) is 5.02. The molecule has 134 valence electrons. The maximum Gasteiger partial charge on any atom is 0.240 e. The molecule has 1 aromatic rings. The molecule has 2 heterocycles. The van der Waals surface area contributed by atoms with Gasteiger partial charge in [0.2, 0.25) is 11.8 Å². The van der Waals surface area contributed by atoms with E-state index in [2.05, 4.69) is 25.3 Å². The number of rotatable bonds is 6. The van der Waals surface area contributed by atoms with Crippen LogP contribution in [0.3, 0.4) is 0 Å². The Morgan fingerprint density at radius 1 is 1.17 bits per heavy atom. The fourth-order valence-corrected chi connectivity index (χ4v) is 3.57. The number of piperazine rings is 1. The Morgan fingerprint density at radius 2 is 1.88 bits per heavy atom. The molecule has 1 amide bonds. The van der Waals surface area contributed by atoms with Gasteiger partial charge in [0, 0.05) is 45.2 Å². The molecule has 2 aliphatic rings. The van der Waals surface area contributed by atoms with Crippen LogP contribution in [0.4, 0.5) is 0 Å². The summed E-state index contributed by atoms with van der Waals surface area (Å²) in [7, 11) is 0. The normalized spacial score (nSPS) is 21.0. The number of nitrogens with zero attached hydrogens (tertiary/aromatic N) is 4. The van der Waals surface area contributed by atoms with Crippen LogP contribution in [-0.4, -0.2) is 64.6 Å². The summed E-state index contributed by atoms with van der Waals surface area (Å²) in [4.78, 5) is 21.0. The second kappa shape index (κ2) is 8.58. The van der Waals surface area contributed by atoms with Gasteiger partial charge in [-0.05, 0) is 19.8 Å². The molecule has 3 rings (SSSR count). The van der Waals surface area contributed by atoms with Gasteiger partial charge in [-0.3, -0.25) is 9.69 Å². The van der Waals surface area contributed by atoms with Crippen molar-refractivity contribution in [2.45, 2.75) is 58.0 Å². The van der Waals surface area contributed by atoms with Crippen molar-refractivity contribution in [2.75, 3.05) is 32.7 Å². The maximum atomic E-state index is 12.1. The summed E-state index contributed by atoms with van der Waals surface area (Å²) in [5, 5.41) is 7.02. The molecule has 0 unspecified atom stereocenters. The van der Waals surface area contributed by atoms with E-state index in [1.165, 1.54) is 19.3 Å². The number of hydrogen-bond donors (Lipinski definition) is 1. The van der Waals surface area contributed by atoms with Crippen molar-refractivity contribution in [3.63, 3.8) is 0 Å². The van der Waals surface area contributed by atoms with Crippen LogP contribution < -0.4 is 5.32 Å². The molecule has 1 aromatic heterocycles. The second-order valence-corrected chi connectivity index (χ2v) is 7.01. The van der Waals surface area contributed by atoms with E-state index in [1.807, 2.05) is 6.92 Å². The molecule has 2 fully saturated rings. The summed E-state index contributed by atoms with van der Waals surface area (Å²) in [5.41, 5.74) is 0. The summed E-state index contributed by atoms with van der Waals surface area (Å²) in [6.07, 6.45) is 6.75. The van der Waals surface area contributed by atoms with Crippen molar-refractivity contribution in [1.29, 1.82) is 0 Å². The lowest BCUT2D eigenvalue weighted by molar-refractivity contribution is -0.122. The largest absolute Gasteiger partial charge is 0.353 e. The lowest BCUT2D eigenvalue weighted by Gasteiger charge is -2.33. The molecular formula is C17H29N5O2. The Labute approximate surface area is 143 Å². The SMILES string of the molecule is Cc1noc(CN2CCN(CCC(=O)NC3CCCCC3)CC2)n1. The number of carbonyl (C=O) groups excluding carboxylic acids is 1. The Bertz CT molecular complexity index is 519. The molecule has 0 bridgehead atoms. The Hall–Kier alpha value is -1.47. The van der Waals surface area contributed by atoms with E-state index in [1.54, 1.807) is 0 Å². The van der Waals surface area contributed by atoms with Crippen molar-refractivity contribution in [1.82, 2.24) is 25.3 Å². The number of hydrogen-bond acceptors (Lipinski definition) is 6. The number of aromatic nitrogens is 2. The molecule has 1 saturated carbocycles. The van der Waals surface area contributed by atoms with Crippen LogP contribution >= 0.6 is 0 Å². The Morgan fingerprint density at radius 3 is 2.54 bits per heavy atom. The van der Waals surface area contributed by atoms with Crippen LogP contribution in [0.1, 0.15) is 50.2 Å². The molecule has 24 heavy (non-hydrogen) atoms. The molecule has 0 spiro atoms. The smallest absolute Gasteiger partial charge is 0.240 e. The average Bonchev–Trinajstić information content (AvgIpc) is 3.00. The van der Waals surface area contributed by atoms with Crippen molar-refractivity contribution in [3.8, 4) is 0 Å². The first kappa shape index (κ1) is 17.4. The number of carbonyl (C=O) groups is 1. The van der Waals surface area contributed by atoms with Gasteiger partial charge in [0.25, 0.3) is 0 Å². The van der Waals surface area contributed by atoms with Crippen molar-refractivity contribution < 1.29 is 9.32 Å². The van der Waals surface area contributed by atoms with Gasteiger partial charge in [-0.25, -0.2) is 0 Å². The molecule has 7 nitrogen and oxygen atoms in total. The fraction of sp³-hybridized carbons (Fsp3) is 0.824. The molecular weight excluding hydrogens is 306 g/mol. The first-order chi connectivity index (χ1) is 11.7. The highest BCUT2D eigenvalue weighted by molar-refractivity contribution is 5.76. The standard InChI is InChI=1S/C17H29N5O2/c1-14-18-17(24-20-14)13-22-11-9-21(10-12-22)8-7-16(23)19-15-5-3-2-4-6-15/h15H,2-13H2,1H3,(H,19,23). The Balaban J connectivity index is 1.31. The fourth-order valence-electron chi connectivity index (χ4n) is 3.57. The van der Waals surface area contributed by atoms with E-state index in [0.717, 1.165) is 52.1 Å². The highest BCUT2D eigenvalue weighted by atomic mass is 16.5. The van der Waals surface area contributed by atoms with Gasteiger partial charge in [0.1, 0.15) is 0 Å². The highest BCUT2D eigenvalue weighted by Gasteiger charge is 2.20. The van der Waals surface area contributed by atoms with Crippen LogP contribution in [0.25, 0.3) is 0 Å². The van der Waals surface area contributed by atoms with Crippen LogP contribution in [0.2, 0.25) is 0 Å². The van der Waals surface area contributed by atoms with Crippen LogP contribution in [0.5, 0.6) is 0 Å². The summed E-state index contributed by atoms with van der Waals surface area (Å²) in [5.74, 6) is 1.59. The molecule has 7 heteroatoms. The summed E-state index contributed by atoms with van der Waals surface area (Å²) >= 11 is 0. The predicted molar refractivity (Wildman–Crippen MR) is 90.4 cm³/mol. The lowest BCUT2D eigenvalue weighted by atomic mass is 9.95. The van der Waals surface area contributed by atoms with Gasteiger partial charge in [-0.2, -0.15) is 4.98 Å². The number of aryl methyl sites for hydroxylation is 1. The van der Waals surface area contributed by atoms with E-state index < -0.39 is 0 Å². The summed E-state index contributed by atoms with van der Waals surface area (Å²) < 4.78 is 5.18. The van der Waals surface area contributed by atoms with Gasteiger partial charge >= 0.3 is 0 Å². The van der Waals surface area contributed by atoms with E-state index >= 15 is 0 Å². The molecule has 1 saturated heterocycles. The van der Waals surface area contributed by atoms with E-state index in [4.69, 9.17) is 4.52 Å². The number of nitrogens with one attached hydrogen (secondary N) is 1. The third kappa shape index (κ3) is 5.27. The van der Waals surface area contributed by atoms with E-state index in [0.29, 0.717) is 24.2 Å². The van der Waals surface area contributed by atoms with E-state index in [9.17, 15) is 4.79 Å². The lowest BCUT2D eigenvalue weighted by Crippen LogP contribution is -2.47. The Kier molecular flexibility index (Phi) is 6.20. The first-order valence-electron chi connectivity index (χ1n) is 9.22. The second-order valence-electron chi connectivity index (χ2n) is 7.01. The van der Waals surface area contributed by atoms with E-state index in [-0.39, 0.29) is 5.91 Å². The molecule has 0 aromatic carbocycles. The highest BCUT2D eigenvalue weighted by Crippen LogP contribution is 2.17. The van der Waals surface area contributed by atoms with Gasteiger partial charge in [0.15, 0.2) is 5.82 Å². The zero-order valence-electron chi connectivity index (χ0n) is 14.7. The van der Waals surface area contributed by atoms with Crippen molar-refractivity contribution >= 4 is 5.91 Å². The van der Waals surface area contributed by atoms with Gasteiger partial charge in [0.05, 0.1) is 6.54 Å². The number of amides is 1. The molecule has 1 N–H and O–H groups in total. The predicted octanol–water partition coefficient (Wildman–Crippen LogP) is 1.33. The summed E-state index contributed by atoms with van der Waals surface area (Å²) in [6, 6.07) is 0.418. The zero-order chi connectivity index (χ0) is 16.8. The van der Waals surface area contributed by atoms with Crippen LogP contribution in [0.15, 0.2) is 4.52 Å². The minimum Gasteiger partial charge on any atom is -0.353 e. The van der Waals surface area contributed by atoms with Crippen LogP contribution in [-0.2, 0) is 11.3 Å².